The van der Waals surface area contributed by atoms with Crippen molar-refractivity contribution in [2.24, 2.45) is 0 Å². The fraction of sp³-hybridized carbons (Fsp3) is 0.600. The summed E-state index contributed by atoms with van der Waals surface area (Å²) in [5, 5.41) is 4.15. The van der Waals surface area contributed by atoms with Crippen LogP contribution in [0.5, 0.6) is 0 Å². The van der Waals surface area contributed by atoms with Crippen LogP contribution in [-0.2, 0) is 9.53 Å². The van der Waals surface area contributed by atoms with E-state index in [1.54, 1.807) is 10.9 Å². The van der Waals surface area contributed by atoms with Crippen molar-refractivity contribution in [3.8, 4) is 0 Å². The van der Waals surface area contributed by atoms with E-state index in [1.807, 2.05) is 6.20 Å². The van der Waals surface area contributed by atoms with Crippen LogP contribution in [0.1, 0.15) is 32.2 Å². The van der Waals surface area contributed by atoms with Crippen LogP contribution in [0, 0.1) is 3.57 Å². The number of hydrogen-bond acceptors (Lipinski definition) is 3. The Hall–Kier alpha value is -0.590. The molecule has 1 atom stereocenters. The first-order valence-corrected chi connectivity index (χ1v) is 6.04. The summed E-state index contributed by atoms with van der Waals surface area (Å²) in [7, 11) is 1.41. The third-order valence-corrected chi connectivity index (χ3v) is 2.75. The lowest BCUT2D eigenvalue weighted by atomic mass is 10.1. The van der Waals surface area contributed by atoms with Crippen LogP contribution in [0.4, 0.5) is 0 Å². The lowest BCUT2D eigenvalue weighted by Crippen LogP contribution is -2.21. The van der Waals surface area contributed by atoms with Gasteiger partial charge in [-0.05, 0) is 29.0 Å². The summed E-state index contributed by atoms with van der Waals surface area (Å²) in [5.41, 5.74) is 0. The van der Waals surface area contributed by atoms with Crippen molar-refractivity contribution in [3.05, 3.63) is 16.0 Å². The van der Waals surface area contributed by atoms with E-state index in [1.165, 1.54) is 7.11 Å². The van der Waals surface area contributed by atoms with Crippen LogP contribution in [0.25, 0.3) is 0 Å². The van der Waals surface area contributed by atoms with E-state index in [9.17, 15) is 4.79 Å². The Morgan fingerprint density at radius 2 is 2.47 bits per heavy atom. The first-order chi connectivity index (χ1) is 7.19. The summed E-state index contributed by atoms with van der Waals surface area (Å²) >= 11 is 2.17. The molecule has 0 saturated carbocycles. The molecule has 0 aliphatic carbocycles. The quantitative estimate of drug-likeness (QED) is 0.618. The maximum Gasteiger partial charge on any atom is 0.330 e. The van der Waals surface area contributed by atoms with Gasteiger partial charge in [0.25, 0.3) is 0 Å². The molecular formula is C10H15IN2O2. The number of halogens is 1. The molecule has 1 heterocycles. The van der Waals surface area contributed by atoms with Gasteiger partial charge in [0.2, 0.25) is 0 Å². The molecule has 15 heavy (non-hydrogen) atoms. The van der Waals surface area contributed by atoms with Crippen molar-refractivity contribution in [3.63, 3.8) is 0 Å². The molecule has 1 unspecified atom stereocenters. The molecule has 1 aromatic heterocycles. The Bertz CT molecular complexity index is 325. The molecular weight excluding hydrogens is 307 g/mol. The van der Waals surface area contributed by atoms with Crippen LogP contribution < -0.4 is 0 Å². The van der Waals surface area contributed by atoms with Gasteiger partial charge in [-0.25, -0.2) is 4.79 Å². The minimum Gasteiger partial charge on any atom is -0.467 e. The van der Waals surface area contributed by atoms with Gasteiger partial charge in [-0.15, -0.1) is 0 Å². The summed E-state index contributed by atoms with van der Waals surface area (Å²) in [6, 6.07) is -0.279. The van der Waals surface area contributed by atoms with Crippen LogP contribution in [0.3, 0.4) is 0 Å². The number of ether oxygens (including phenoxy) is 1. The highest BCUT2D eigenvalue weighted by molar-refractivity contribution is 14.1. The average molecular weight is 322 g/mol. The molecule has 0 aliphatic heterocycles. The third kappa shape index (κ3) is 3.48. The summed E-state index contributed by atoms with van der Waals surface area (Å²) in [5.74, 6) is -0.219. The minimum absolute atomic E-state index is 0.219. The highest BCUT2D eigenvalue weighted by Crippen LogP contribution is 2.17. The van der Waals surface area contributed by atoms with E-state index in [4.69, 9.17) is 4.74 Å². The van der Waals surface area contributed by atoms with Gasteiger partial charge < -0.3 is 4.74 Å². The molecule has 0 fully saturated rings. The van der Waals surface area contributed by atoms with Crippen molar-refractivity contribution in [1.29, 1.82) is 0 Å². The molecule has 1 rings (SSSR count). The fourth-order valence-corrected chi connectivity index (χ4v) is 1.79. The van der Waals surface area contributed by atoms with Gasteiger partial charge >= 0.3 is 5.97 Å². The molecule has 0 aromatic carbocycles. The number of esters is 1. The Balaban J connectivity index is 2.76. The second-order valence-electron chi connectivity index (χ2n) is 3.32. The molecule has 4 nitrogen and oxygen atoms in total. The predicted octanol–water partition coefficient (Wildman–Crippen LogP) is 2.39. The third-order valence-electron chi connectivity index (χ3n) is 2.19. The number of methoxy groups -OCH3 is 1. The van der Waals surface area contributed by atoms with Crippen molar-refractivity contribution < 1.29 is 9.53 Å². The van der Waals surface area contributed by atoms with E-state index < -0.39 is 0 Å². The number of hydrogen-bond donors (Lipinski definition) is 0. The Morgan fingerprint density at radius 3 is 2.93 bits per heavy atom. The lowest BCUT2D eigenvalue weighted by molar-refractivity contribution is -0.145. The highest BCUT2D eigenvalue weighted by Gasteiger charge is 2.21. The van der Waals surface area contributed by atoms with Crippen LogP contribution in [0.2, 0.25) is 0 Å². The summed E-state index contributed by atoms with van der Waals surface area (Å²) < 4.78 is 7.48. The van der Waals surface area contributed by atoms with Gasteiger partial charge in [-0.3, -0.25) is 4.68 Å². The maximum atomic E-state index is 11.5. The van der Waals surface area contributed by atoms with Crippen molar-refractivity contribution >= 4 is 28.6 Å². The number of carbonyl (C=O) groups is 1. The van der Waals surface area contributed by atoms with Gasteiger partial charge in [-0.2, -0.15) is 5.10 Å². The molecule has 1 aromatic rings. The zero-order chi connectivity index (χ0) is 11.3. The molecule has 0 N–H and O–H groups in total. The van der Waals surface area contributed by atoms with Crippen LogP contribution in [-0.4, -0.2) is 22.9 Å². The van der Waals surface area contributed by atoms with Crippen LogP contribution in [0.15, 0.2) is 12.4 Å². The molecule has 0 bridgehead atoms. The standard InChI is InChI=1S/C10H15IN2O2/c1-3-4-5-9(10(14)15-2)13-7-8(11)6-12-13/h6-7,9H,3-5H2,1-2H3. The normalized spacial score (nSPS) is 12.5. The number of carbonyl (C=O) groups excluding carboxylic acids is 1. The van der Waals surface area contributed by atoms with Crippen molar-refractivity contribution in [1.82, 2.24) is 9.78 Å². The second-order valence-corrected chi connectivity index (χ2v) is 4.57. The van der Waals surface area contributed by atoms with Gasteiger partial charge in [0, 0.05) is 6.20 Å². The molecule has 0 saturated heterocycles. The smallest absolute Gasteiger partial charge is 0.330 e. The maximum absolute atomic E-state index is 11.5. The van der Waals surface area contributed by atoms with Crippen molar-refractivity contribution in [2.45, 2.75) is 32.2 Å². The highest BCUT2D eigenvalue weighted by atomic mass is 127. The summed E-state index contributed by atoms with van der Waals surface area (Å²) in [6.45, 7) is 2.10. The van der Waals surface area contributed by atoms with E-state index in [2.05, 4.69) is 34.6 Å². The Labute approximate surface area is 103 Å². The zero-order valence-corrected chi connectivity index (χ0v) is 11.1. The lowest BCUT2D eigenvalue weighted by Gasteiger charge is -2.14. The predicted molar refractivity (Wildman–Crippen MR) is 65.5 cm³/mol. The number of nitrogens with zero attached hydrogens (tertiary/aromatic N) is 2. The SMILES string of the molecule is CCCCC(C(=O)OC)n1cc(I)cn1. The van der Waals surface area contributed by atoms with Gasteiger partial charge in [-0.1, -0.05) is 19.8 Å². The van der Waals surface area contributed by atoms with E-state index in [0.717, 1.165) is 22.8 Å². The Kier molecular flexibility index (Phi) is 5.07. The van der Waals surface area contributed by atoms with Crippen molar-refractivity contribution in [2.75, 3.05) is 7.11 Å². The van der Waals surface area contributed by atoms with Gasteiger partial charge in [0.05, 0.1) is 16.9 Å². The molecule has 5 heteroatoms. The zero-order valence-electron chi connectivity index (χ0n) is 8.94. The molecule has 0 amide bonds. The van der Waals surface area contributed by atoms with E-state index >= 15 is 0 Å². The van der Waals surface area contributed by atoms with Crippen LogP contribution >= 0.6 is 22.6 Å². The number of rotatable bonds is 5. The first kappa shape index (κ1) is 12.5. The van der Waals surface area contributed by atoms with Gasteiger partial charge in [0.1, 0.15) is 6.04 Å². The second kappa shape index (κ2) is 6.09. The summed E-state index contributed by atoms with van der Waals surface area (Å²) in [6.07, 6.45) is 6.43. The molecule has 0 aliphatic rings. The Morgan fingerprint density at radius 1 is 1.73 bits per heavy atom. The minimum atomic E-state index is -0.279. The largest absolute Gasteiger partial charge is 0.467 e. The molecule has 0 spiro atoms. The molecule has 0 radical (unpaired) electrons. The van der Waals surface area contributed by atoms with E-state index in [0.29, 0.717) is 0 Å². The molecule has 84 valence electrons. The topological polar surface area (TPSA) is 44.1 Å². The van der Waals surface area contributed by atoms with E-state index in [-0.39, 0.29) is 12.0 Å². The average Bonchev–Trinajstić information content (AvgIpc) is 2.65. The fourth-order valence-electron chi connectivity index (χ4n) is 1.38. The van der Waals surface area contributed by atoms with Gasteiger partial charge in [0.15, 0.2) is 0 Å². The first-order valence-electron chi connectivity index (χ1n) is 4.96. The number of unbranched alkanes of at least 4 members (excludes halogenated alkanes) is 1. The monoisotopic (exact) mass is 322 g/mol. The number of aromatic nitrogens is 2. The summed E-state index contributed by atoms with van der Waals surface area (Å²) in [4.78, 5) is 11.5.